The Bertz CT molecular complexity index is 821. The first-order valence-corrected chi connectivity index (χ1v) is 6.64. The van der Waals surface area contributed by atoms with E-state index in [1.807, 2.05) is 0 Å². The largest absolute Gasteiger partial charge is 0.423 e. The molecular weight excluding hydrogens is 309 g/mol. The van der Waals surface area contributed by atoms with Crippen LogP contribution in [0.1, 0.15) is 10.4 Å². The van der Waals surface area contributed by atoms with Gasteiger partial charge in [-0.05, 0) is 36.4 Å². The van der Waals surface area contributed by atoms with Crippen LogP contribution in [-0.4, -0.2) is 16.1 Å². The first-order valence-electron chi connectivity index (χ1n) is 6.26. The number of anilines is 1. The number of carbonyl (C=O) groups is 1. The zero-order valence-electron chi connectivity index (χ0n) is 11.1. The van der Waals surface area contributed by atoms with Crippen LogP contribution in [-0.2, 0) is 0 Å². The van der Waals surface area contributed by atoms with Crippen LogP contribution in [0.3, 0.4) is 0 Å². The van der Waals surface area contributed by atoms with Crippen molar-refractivity contribution >= 4 is 23.2 Å². The highest BCUT2D eigenvalue weighted by Gasteiger charge is 2.12. The van der Waals surface area contributed by atoms with Gasteiger partial charge in [-0.25, -0.2) is 4.39 Å². The summed E-state index contributed by atoms with van der Waals surface area (Å²) in [5.74, 6) is -0.594. The van der Waals surface area contributed by atoms with Gasteiger partial charge in [0.05, 0.1) is 10.6 Å². The molecule has 110 valence electrons. The molecular formula is C15H9ClFN3O2. The predicted octanol–water partition coefficient (Wildman–Crippen LogP) is 3.78. The molecule has 1 N–H and O–H groups in total. The Morgan fingerprint density at radius 3 is 2.82 bits per heavy atom. The predicted molar refractivity (Wildman–Crippen MR) is 79.1 cm³/mol. The second-order valence-electron chi connectivity index (χ2n) is 4.40. The minimum absolute atomic E-state index is 0.0468. The molecule has 0 aliphatic rings. The van der Waals surface area contributed by atoms with E-state index in [0.717, 1.165) is 6.07 Å². The Morgan fingerprint density at radius 2 is 2.09 bits per heavy atom. The average Bonchev–Trinajstić information content (AvgIpc) is 3.01. The number of amides is 1. The summed E-state index contributed by atoms with van der Waals surface area (Å²) in [6.07, 6.45) is 1.22. The molecule has 1 amide bonds. The third kappa shape index (κ3) is 2.96. The zero-order valence-corrected chi connectivity index (χ0v) is 11.8. The molecule has 1 aromatic heterocycles. The molecule has 0 saturated heterocycles. The molecule has 0 bridgehead atoms. The third-order valence-corrected chi connectivity index (χ3v) is 3.22. The van der Waals surface area contributed by atoms with Crippen molar-refractivity contribution in [2.45, 2.75) is 0 Å². The smallest absolute Gasteiger partial charge is 0.257 e. The van der Waals surface area contributed by atoms with E-state index in [1.165, 1.54) is 18.5 Å². The highest BCUT2D eigenvalue weighted by Crippen LogP contribution is 2.22. The van der Waals surface area contributed by atoms with Crippen molar-refractivity contribution in [3.63, 3.8) is 0 Å². The van der Waals surface area contributed by atoms with Crippen LogP contribution in [0.4, 0.5) is 10.1 Å². The molecule has 0 saturated carbocycles. The summed E-state index contributed by atoms with van der Waals surface area (Å²) in [4.78, 5) is 12.2. The molecule has 22 heavy (non-hydrogen) atoms. The van der Waals surface area contributed by atoms with Gasteiger partial charge in [-0.2, -0.15) is 0 Å². The van der Waals surface area contributed by atoms with Crippen molar-refractivity contribution in [2.75, 3.05) is 5.32 Å². The molecule has 3 aromatic rings. The van der Waals surface area contributed by atoms with Gasteiger partial charge < -0.3 is 9.73 Å². The fourth-order valence-electron chi connectivity index (χ4n) is 1.90. The second kappa shape index (κ2) is 5.95. The molecule has 0 atom stereocenters. The Labute approximate surface area is 129 Å². The van der Waals surface area contributed by atoms with Crippen molar-refractivity contribution in [1.29, 1.82) is 0 Å². The topological polar surface area (TPSA) is 68.0 Å². The van der Waals surface area contributed by atoms with E-state index >= 15 is 0 Å². The highest BCUT2D eigenvalue weighted by molar-refractivity contribution is 6.34. The average molecular weight is 318 g/mol. The highest BCUT2D eigenvalue weighted by atomic mass is 35.5. The summed E-state index contributed by atoms with van der Waals surface area (Å²) in [5, 5.41) is 10.1. The van der Waals surface area contributed by atoms with Gasteiger partial charge in [-0.1, -0.05) is 17.7 Å². The molecule has 7 heteroatoms. The monoisotopic (exact) mass is 317 g/mol. The summed E-state index contributed by atoms with van der Waals surface area (Å²) in [7, 11) is 0. The first-order chi connectivity index (χ1) is 10.6. The van der Waals surface area contributed by atoms with E-state index < -0.39 is 11.7 Å². The van der Waals surface area contributed by atoms with Gasteiger partial charge in [0.25, 0.3) is 5.91 Å². The number of nitrogens with one attached hydrogen (secondary N) is 1. The Morgan fingerprint density at radius 1 is 1.23 bits per heavy atom. The van der Waals surface area contributed by atoms with E-state index in [9.17, 15) is 9.18 Å². The number of carbonyl (C=O) groups excluding carboxylic acids is 1. The lowest BCUT2D eigenvalue weighted by atomic mass is 10.1. The van der Waals surface area contributed by atoms with Crippen molar-refractivity contribution in [2.24, 2.45) is 0 Å². The van der Waals surface area contributed by atoms with Crippen molar-refractivity contribution in [3.05, 3.63) is 65.3 Å². The Hall–Kier alpha value is -2.73. The normalized spacial score (nSPS) is 10.5. The van der Waals surface area contributed by atoms with Crippen molar-refractivity contribution in [3.8, 4) is 11.5 Å². The lowest BCUT2D eigenvalue weighted by Gasteiger charge is -2.07. The SMILES string of the molecule is O=C(Nc1cccc(-c2nnco2)c1)c1ccc(F)cc1Cl. The standard InChI is InChI=1S/C15H9ClFN3O2/c16-13-7-10(17)4-5-12(13)14(21)19-11-3-1-2-9(6-11)15-20-18-8-22-15/h1-8H,(H,19,21). The van der Waals surface area contributed by atoms with Gasteiger partial charge in [0.15, 0.2) is 0 Å². The second-order valence-corrected chi connectivity index (χ2v) is 4.81. The number of halogens is 2. The molecule has 3 rings (SSSR count). The quantitative estimate of drug-likeness (QED) is 0.798. The molecule has 0 radical (unpaired) electrons. The molecule has 0 aliphatic heterocycles. The number of rotatable bonds is 3. The lowest BCUT2D eigenvalue weighted by Crippen LogP contribution is -2.12. The van der Waals surface area contributed by atoms with Crippen LogP contribution < -0.4 is 5.32 Å². The zero-order chi connectivity index (χ0) is 15.5. The summed E-state index contributed by atoms with van der Waals surface area (Å²) in [5.41, 5.74) is 1.38. The number of nitrogens with zero attached hydrogens (tertiary/aromatic N) is 2. The van der Waals surface area contributed by atoms with E-state index in [0.29, 0.717) is 17.1 Å². The fraction of sp³-hybridized carbons (Fsp3) is 0. The maximum Gasteiger partial charge on any atom is 0.257 e. The van der Waals surface area contributed by atoms with Crippen LogP contribution in [0.15, 0.2) is 53.3 Å². The van der Waals surface area contributed by atoms with Crippen molar-refractivity contribution < 1.29 is 13.6 Å². The maximum absolute atomic E-state index is 13.0. The van der Waals surface area contributed by atoms with Crippen LogP contribution in [0.2, 0.25) is 5.02 Å². The molecule has 2 aromatic carbocycles. The van der Waals surface area contributed by atoms with Crippen LogP contribution in [0, 0.1) is 5.82 Å². The summed E-state index contributed by atoms with van der Waals surface area (Å²) in [6, 6.07) is 10.5. The van der Waals surface area contributed by atoms with Crippen LogP contribution >= 0.6 is 11.6 Å². The van der Waals surface area contributed by atoms with Gasteiger partial charge in [0.1, 0.15) is 5.82 Å². The van der Waals surface area contributed by atoms with Crippen LogP contribution in [0.5, 0.6) is 0 Å². The number of hydrogen-bond acceptors (Lipinski definition) is 4. The van der Waals surface area contributed by atoms with Crippen molar-refractivity contribution in [1.82, 2.24) is 10.2 Å². The maximum atomic E-state index is 13.0. The summed E-state index contributed by atoms with van der Waals surface area (Å²) >= 11 is 5.87. The Kier molecular flexibility index (Phi) is 3.84. The molecule has 0 aliphatic carbocycles. The summed E-state index contributed by atoms with van der Waals surface area (Å²) in [6.45, 7) is 0. The van der Waals surface area contributed by atoms with Gasteiger partial charge >= 0.3 is 0 Å². The first kappa shape index (κ1) is 14.2. The number of benzene rings is 2. The van der Waals surface area contributed by atoms with Gasteiger partial charge in [-0.3, -0.25) is 4.79 Å². The van der Waals surface area contributed by atoms with E-state index in [2.05, 4.69) is 15.5 Å². The molecule has 5 nitrogen and oxygen atoms in total. The third-order valence-electron chi connectivity index (χ3n) is 2.90. The molecule has 0 unspecified atom stereocenters. The molecule has 1 heterocycles. The molecule has 0 fully saturated rings. The minimum Gasteiger partial charge on any atom is -0.423 e. The molecule has 0 spiro atoms. The Balaban J connectivity index is 1.84. The fourth-order valence-corrected chi connectivity index (χ4v) is 2.15. The van der Waals surface area contributed by atoms with Gasteiger partial charge in [0.2, 0.25) is 12.3 Å². The lowest BCUT2D eigenvalue weighted by molar-refractivity contribution is 0.102. The van der Waals surface area contributed by atoms with E-state index in [4.69, 9.17) is 16.0 Å². The van der Waals surface area contributed by atoms with Crippen LogP contribution in [0.25, 0.3) is 11.5 Å². The minimum atomic E-state index is -0.500. The number of aromatic nitrogens is 2. The van der Waals surface area contributed by atoms with Gasteiger partial charge in [-0.15, -0.1) is 10.2 Å². The summed E-state index contributed by atoms with van der Waals surface area (Å²) < 4.78 is 18.1. The van der Waals surface area contributed by atoms with E-state index in [1.54, 1.807) is 24.3 Å². The van der Waals surface area contributed by atoms with Gasteiger partial charge in [0, 0.05) is 11.3 Å². The van der Waals surface area contributed by atoms with E-state index in [-0.39, 0.29) is 10.6 Å². The number of hydrogen-bond donors (Lipinski definition) is 1.